The monoisotopic (exact) mass is 296 g/mol. The Morgan fingerprint density at radius 3 is 2.86 bits per heavy atom. The van der Waals surface area contributed by atoms with Gasteiger partial charge in [0.2, 0.25) is 0 Å². The minimum absolute atomic E-state index is 0.0948. The lowest BCUT2D eigenvalue weighted by Crippen LogP contribution is -2.39. The van der Waals surface area contributed by atoms with E-state index in [1.807, 2.05) is 6.92 Å². The van der Waals surface area contributed by atoms with Gasteiger partial charge in [0.1, 0.15) is 11.6 Å². The van der Waals surface area contributed by atoms with Gasteiger partial charge in [0, 0.05) is 18.2 Å². The van der Waals surface area contributed by atoms with Crippen molar-refractivity contribution in [2.24, 2.45) is 5.92 Å². The van der Waals surface area contributed by atoms with E-state index in [-0.39, 0.29) is 17.7 Å². The van der Waals surface area contributed by atoms with Crippen LogP contribution in [0.15, 0.2) is 18.2 Å². The van der Waals surface area contributed by atoms with Gasteiger partial charge < -0.3 is 5.32 Å². The van der Waals surface area contributed by atoms with E-state index in [2.05, 4.69) is 17.1 Å². The largest absolute Gasteiger partial charge is 0.316 e. The van der Waals surface area contributed by atoms with Gasteiger partial charge in [0.05, 0.1) is 0 Å². The van der Waals surface area contributed by atoms with Crippen LogP contribution < -0.4 is 5.32 Å². The third kappa shape index (κ3) is 4.48. The van der Waals surface area contributed by atoms with Crippen LogP contribution in [0.4, 0.5) is 8.78 Å². The first kappa shape index (κ1) is 16.4. The molecule has 118 valence electrons. The molecule has 0 spiro atoms. The number of hydrogen-bond donors (Lipinski definition) is 1. The zero-order chi connectivity index (χ0) is 15.2. The van der Waals surface area contributed by atoms with Gasteiger partial charge in [-0.2, -0.15) is 0 Å². The van der Waals surface area contributed by atoms with Crippen LogP contribution in [0.5, 0.6) is 0 Å². The summed E-state index contributed by atoms with van der Waals surface area (Å²) >= 11 is 0. The Morgan fingerprint density at radius 1 is 1.38 bits per heavy atom. The number of piperidine rings is 1. The number of nitrogens with zero attached hydrogens (tertiary/aromatic N) is 1. The standard InChI is InChI=1S/C17H26F2N2/c1-3-9-21(12-14-5-4-8-20-11-14)13(2)16-10-15(18)6-7-17(16)19/h6-7,10,13-14,20H,3-5,8-9,11-12H2,1-2H3. The highest BCUT2D eigenvalue weighted by molar-refractivity contribution is 5.22. The van der Waals surface area contributed by atoms with Crippen molar-refractivity contribution >= 4 is 0 Å². The number of nitrogens with one attached hydrogen (secondary N) is 1. The van der Waals surface area contributed by atoms with Crippen LogP contribution in [0.3, 0.4) is 0 Å². The first-order chi connectivity index (χ1) is 10.1. The SMILES string of the molecule is CCCN(CC1CCCNC1)C(C)c1cc(F)ccc1F. The minimum atomic E-state index is -0.367. The molecule has 1 N–H and O–H groups in total. The predicted octanol–water partition coefficient (Wildman–Crippen LogP) is 3.74. The zero-order valence-corrected chi connectivity index (χ0v) is 13.0. The minimum Gasteiger partial charge on any atom is -0.316 e. The Balaban J connectivity index is 2.10. The summed E-state index contributed by atoms with van der Waals surface area (Å²) in [7, 11) is 0. The molecule has 1 fully saturated rings. The smallest absolute Gasteiger partial charge is 0.128 e. The van der Waals surface area contributed by atoms with Crippen LogP contribution >= 0.6 is 0 Å². The summed E-state index contributed by atoms with van der Waals surface area (Å²) < 4.78 is 27.4. The van der Waals surface area contributed by atoms with Gasteiger partial charge in [-0.1, -0.05) is 6.92 Å². The number of rotatable bonds is 6. The molecular weight excluding hydrogens is 270 g/mol. The second kappa shape index (κ2) is 7.85. The molecule has 0 bridgehead atoms. The predicted molar refractivity (Wildman–Crippen MR) is 82.2 cm³/mol. The van der Waals surface area contributed by atoms with E-state index in [9.17, 15) is 8.78 Å². The second-order valence-corrected chi connectivity index (χ2v) is 6.05. The molecule has 1 aromatic rings. The second-order valence-electron chi connectivity index (χ2n) is 6.05. The molecule has 1 aromatic carbocycles. The Kier molecular flexibility index (Phi) is 6.12. The van der Waals surface area contributed by atoms with Crippen molar-refractivity contribution < 1.29 is 8.78 Å². The zero-order valence-electron chi connectivity index (χ0n) is 13.0. The molecule has 1 heterocycles. The molecule has 2 unspecified atom stereocenters. The molecule has 2 nitrogen and oxygen atoms in total. The van der Waals surface area contributed by atoms with Crippen molar-refractivity contribution in [1.82, 2.24) is 10.2 Å². The summed E-state index contributed by atoms with van der Waals surface area (Å²) in [6.45, 7) is 8.08. The van der Waals surface area contributed by atoms with Gasteiger partial charge in [-0.25, -0.2) is 8.78 Å². The van der Waals surface area contributed by atoms with Crippen molar-refractivity contribution in [3.8, 4) is 0 Å². The summed E-state index contributed by atoms with van der Waals surface area (Å²) in [5.41, 5.74) is 0.465. The topological polar surface area (TPSA) is 15.3 Å². The van der Waals surface area contributed by atoms with Crippen LogP contribution in [0.25, 0.3) is 0 Å². The van der Waals surface area contributed by atoms with Crippen molar-refractivity contribution in [2.75, 3.05) is 26.2 Å². The van der Waals surface area contributed by atoms with Crippen LogP contribution in [0, 0.1) is 17.6 Å². The maximum Gasteiger partial charge on any atom is 0.128 e. The third-order valence-corrected chi connectivity index (χ3v) is 4.36. The van der Waals surface area contributed by atoms with Crippen LogP contribution in [0.1, 0.15) is 44.7 Å². The van der Waals surface area contributed by atoms with E-state index in [0.29, 0.717) is 11.5 Å². The van der Waals surface area contributed by atoms with E-state index < -0.39 is 0 Å². The van der Waals surface area contributed by atoms with E-state index in [1.54, 1.807) is 0 Å². The summed E-state index contributed by atoms with van der Waals surface area (Å²) in [6.07, 6.45) is 3.43. The Hall–Kier alpha value is -1.00. The van der Waals surface area contributed by atoms with E-state index in [0.717, 1.165) is 32.6 Å². The molecule has 0 aromatic heterocycles. The molecule has 1 aliphatic heterocycles. The van der Waals surface area contributed by atoms with Gasteiger partial charge >= 0.3 is 0 Å². The molecule has 1 aliphatic rings. The van der Waals surface area contributed by atoms with Crippen molar-refractivity contribution in [1.29, 1.82) is 0 Å². The number of hydrogen-bond acceptors (Lipinski definition) is 2. The van der Waals surface area contributed by atoms with Gasteiger partial charge in [-0.05, 0) is 69.9 Å². The Labute approximate surface area is 126 Å². The first-order valence-corrected chi connectivity index (χ1v) is 8.01. The van der Waals surface area contributed by atoms with Gasteiger partial charge in [0.25, 0.3) is 0 Å². The molecule has 0 amide bonds. The van der Waals surface area contributed by atoms with Crippen molar-refractivity contribution in [3.05, 3.63) is 35.4 Å². The van der Waals surface area contributed by atoms with Gasteiger partial charge in [-0.15, -0.1) is 0 Å². The fraction of sp³-hybridized carbons (Fsp3) is 0.647. The number of benzene rings is 1. The number of halogens is 2. The first-order valence-electron chi connectivity index (χ1n) is 8.01. The average molecular weight is 296 g/mol. The van der Waals surface area contributed by atoms with Crippen LogP contribution in [0.2, 0.25) is 0 Å². The molecule has 1 saturated heterocycles. The molecule has 21 heavy (non-hydrogen) atoms. The normalized spacial score (nSPS) is 20.7. The lowest BCUT2D eigenvalue weighted by atomic mass is 9.97. The summed E-state index contributed by atoms with van der Waals surface area (Å²) in [5, 5.41) is 3.42. The van der Waals surface area contributed by atoms with Crippen LogP contribution in [-0.2, 0) is 0 Å². The Bertz CT molecular complexity index is 444. The Morgan fingerprint density at radius 2 is 2.19 bits per heavy atom. The average Bonchev–Trinajstić information content (AvgIpc) is 2.49. The quantitative estimate of drug-likeness (QED) is 0.860. The summed E-state index contributed by atoms with van der Waals surface area (Å²) in [4.78, 5) is 2.29. The highest BCUT2D eigenvalue weighted by Crippen LogP contribution is 2.26. The highest BCUT2D eigenvalue weighted by atomic mass is 19.1. The lowest BCUT2D eigenvalue weighted by Gasteiger charge is -2.34. The van der Waals surface area contributed by atoms with E-state index >= 15 is 0 Å². The van der Waals surface area contributed by atoms with Crippen molar-refractivity contribution in [3.63, 3.8) is 0 Å². The highest BCUT2D eigenvalue weighted by Gasteiger charge is 2.23. The lowest BCUT2D eigenvalue weighted by molar-refractivity contribution is 0.160. The van der Waals surface area contributed by atoms with E-state index in [4.69, 9.17) is 0 Å². The van der Waals surface area contributed by atoms with Gasteiger partial charge in [-0.3, -0.25) is 4.90 Å². The summed E-state index contributed by atoms with van der Waals surface area (Å²) in [6, 6.07) is 3.65. The fourth-order valence-electron chi connectivity index (χ4n) is 3.17. The molecule has 0 aliphatic carbocycles. The van der Waals surface area contributed by atoms with Gasteiger partial charge in [0.15, 0.2) is 0 Å². The molecular formula is C17H26F2N2. The molecule has 4 heteroatoms. The van der Waals surface area contributed by atoms with Crippen molar-refractivity contribution in [2.45, 2.75) is 39.2 Å². The molecule has 2 atom stereocenters. The molecule has 0 saturated carbocycles. The maximum absolute atomic E-state index is 14.0. The summed E-state index contributed by atoms with van der Waals surface area (Å²) in [5.74, 6) is -0.0785. The molecule has 0 radical (unpaired) electrons. The third-order valence-electron chi connectivity index (χ3n) is 4.36. The van der Waals surface area contributed by atoms with E-state index in [1.165, 1.54) is 31.0 Å². The van der Waals surface area contributed by atoms with Crippen LogP contribution in [-0.4, -0.2) is 31.1 Å². The molecule has 2 rings (SSSR count). The maximum atomic E-state index is 14.0. The fourth-order valence-corrected chi connectivity index (χ4v) is 3.17.